The van der Waals surface area contributed by atoms with E-state index < -0.39 is 6.04 Å². The van der Waals surface area contributed by atoms with Crippen LogP contribution < -0.4 is 16.4 Å². The van der Waals surface area contributed by atoms with Crippen LogP contribution in [0.25, 0.3) is 0 Å². The van der Waals surface area contributed by atoms with Crippen LogP contribution in [0.3, 0.4) is 0 Å². The fourth-order valence-electron chi connectivity index (χ4n) is 1.55. The molecule has 19 heavy (non-hydrogen) atoms. The summed E-state index contributed by atoms with van der Waals surface area (Å²) in [6.45, 7) is 1.63. The van der Waals surface area contributed by atoms with E-state index in [2.05, 4.69) is 10.6 Å². The Kier molecular flexibility index (Phi) is 5.44. The van der Waals surface area contributed by atoms with E-state index in [0.717, 1.165) is 11.1 Å². The number of nitrogens with two attached hydrogens (primary N) is 1. The molecule has 0 heterocycles. The number of benzene rings is 1. The zero-order chi connectivity index (χ0) is 14.4. The van der Waals surface area contributed by atoms with E-state index in [0.29, 0.717) is 4.99 Å². The lowest BCUT2D eigenvalue weighted by molar-refractivity contribution is -0.128. The Labute approximate surface area is 117 Å². The molecule has 5 nitrogen and oxygen atoms in total. The lowest BCUT2D eigenvalue weighted by Gasteiger charge is -2.12. The van der Waals surface area contributed by atoms with Crippen molar-refractivity contribution in [2.24, 2.45) is 5.73 Å². The molecule has 0 bridgehead atoms. The Morgan fingerprint density at radius 1 is 1.32 bits per heavy atom. The van der Waals surface area contributed by atoms with Crippen LogP contribution in [0.1, 0.15) is 18.1 Å². The molecule has 4 N–H and O–H groups in total. The van der Waals surface area contributed by atoms with Gasteiger partial charge in [0.25, 0.3) is 0 Å². The maximum Gasteiger partial charge on any atom is 0.242 e. The van der Waals surface area contributed by atoms with Gasteiger partial charge in [0, 0.05) is 12.6 Å². The zero-order valence-electron chi connectivity index (χ0n) is 10.9. The minimum absolute atomic E-state index is 0.207. The van der Waals surface area contributed by atoms with Crippen molar-refractivity contribution in [2.45, 2.75) is 19.4 Å². The number of nitrogens with one attached hydrogen (secondary N) is 2. The third-order valence-electron chi connectivity index (χ3n) is 2.62. The molecular formula is C13H17N3O2S. The number of rotatable bonds is 5. The maximum atomic E-state index is 11.7. The van der Waals surface area contributed by atoms with Crippen LogP contribution in [0.5, 0.6) is 0 Å². The molecular weight excluding hydrogens is 262 g/mol. The summed E-state index contributed by atoms with van der Waals surface area (Å²) in [5.74, 6) is -0.434. The molecule has 0 aliphatic rings. The van der Waals surface area contributed by atoms with Gasteiger partial charge in [-0.05, 0) is 12.5 Å². The molecule has 0 spiro atoms. The summed E-state index contributed by atoms with van der Waals surface area (Å²) in [6, 6.07) is 6.57. The van der Waals surface area contributed by atoms with Gasteiger partial charge in [-0.25, -0.2) is 0 Å². The molecule has 1 aromatic carbocycles. The normalized spacial score (nSPS) is 11.5. The van der Waals surface area contributed by atoms with E-state index in [1.54, 1.807) is 31.2 Å². The van der Waals surface area contributed by atoms with Crippen molar-refractivity contribution in [1.82, 2.24) is 10.6 Å². The number of likely N-dealkylation sites (N-methyl/N-ethyl adjacent to an activating group) is 1. The van der Waals surface area contributed by atoms with E-state index in [4.69, 9.17) is 18.0 Å². The van der Waals surface area contributed by atoms with Gasteiger partial charge in [-0.3, -0.25) is 9.59 Å². The van der Waals surface area contributed by atoms with Crippen LogP contribution in [0.2, 0.25) is 0 Å². The topological polar surface area (TPSA) is 84.2 Å². The van der Waals surface area contributed by atoms with Crippen LogP contribution in [0.4, 0.5) is 0 Å². The van der Waals surface area contributed by atoms with E-state index in [1.807, 2.05) is 0 Å². The molecule has 0 aromatic heterocycles. The number of carbonyl (C=O) groups excluding carboxylic acids is 2. The Bertz CT molecular complexity index is 485. The standard InChI is InChI=1S/C13H17N3O2S/c1-8(13(18)15-2)16-11(17)7-9-3-5-10(6-4-9)12(14)19/h3-6,8H,7H2,1-2H3,(H2,14,19)(H,15,18)(H,16,17). The third-order valence-corrected chi connectivity index (χ3v) is 2.86. The first-order valence-corrected chi connectivity index (χ1v) is 6.24. The van der Waals surface area contributed by atoms with Crippen LogP contribution in [-0.4, -0.2) is 29.9 Å². The van der Waals surface area contributed by atoms with Crippen molar-refractivity contribution in [3.05, 3.63) is 35.4 Å². The first-order chi connectivity index (χ1) is 8.93. The van der Waals surface area contributed by atoms with Gasteiger partial charge < -0.3 is 16.4 Å². The maximum absolute atomic E-state index is 11.7. The zero-order valence-corrected chi connectivity index (χ0v) is 11.7. The summed E-state index contributed by atoms with van der Waals surface area (Å²) in [4.78, 5) is 23.3. The van der Waals surface area contributed by atoms with Crippen molar-refractivity contribution in [3.8, 4) is 0 Å². The van der Waals surface area contributed by atoms with Crippen LogP contribution in [0.15, 0.2) is 24.3 Å². The average Bonchev–Trinajstić information content (AvgIpc) is 2.38. The van der Waals surface area contributed by atoms with Gasteiger partial charge in [0.1, 0.15) is 11.0 Å². The fourth-order valence-corrected chi connectivity index (χ4v) is 1.68. The highest BCUT2D eigenvalue weighted by atomic mass is 32.1. The highest BCUT2D eigenvalue weighted by Gasteiger charge is 2.13. The quantitative estimate of drug-likeness (QED) is 0.668. The number of thiocarbonyl (C=S) groups is 1. The summed E-state index contributed by atoms with van der Waals surface area (Å²) in [7, 11) is 1.53. The lowest BCUT2D eigenvalue weighted by atomic mass is 10.1. The highest BCUT2D eigenvalue weighted by molar-refractivity contribution is 7.80. The molecule has 0 fully saturated rings. The van der Waals surface area contributed by atoms with Gasteiger partial charge >= 0.3 is 0 Å². The molecule has 102 valence electrons. The van der Waals surface area contributed by atoms with Gasteiger partial charge in [0.15, 0.2) is 0 Å². The van der Waals surface area contributed by atoms with Crippen molar-refractivity contribution in [2.75, 3.05) is 7.05 Å². The van der Waals surface area contributed by atoms with Crippen molar-refractivity contribution in [1.29, 1.82) is 0 Å². The average molecular weight is 279 g/mol. The first-order valence-electron chi connectivity index (χ1n) is 5.83. The van der Waals surface area contributed by atoms with Crippen LogP contribution in [-0.2, 0) is 16.0 Å². The lowest BCUT2D eigenvalue weighted by Crippen LogP contribution is -2.44. The van der Waals surface area contributed by atoms with Gasteiger partial charge in [-0.2, -0.15) is 0 Å². The predicted molar refractivity (Wildman–Crippen MR) is 77.7 cm³/mol. The van der Waals surface area contributed by atoms with Crippen molar-refractivity contribution < 1.29 is 9.59 Å². The summed E-state index contributed by atoms with van der Waals surface area (Å²) in [5, 5.41) is 5.09. The second-order valence-corrected chi connectivity index (χ2v) is 4.58. The molecule has 1 aromatic rings. The second-order valence-electron chi connectivity index (χ2n) is 4.14. The Hall–Kier alpha value is -1.95. The molecule has 6 heteroatoms. The van der Waals surface area contributed by atoms with Crippen LogP contribution in [0, 0.1) is 0 Å². The molecule has 0 aliphatic carbocycles. The second kappa shape index (κ2) is 6.84. The minimum atomic E-state index is -0.548. The SMILES string of the molecule is CNC(=O)C(C)NC(=O)Cc1ccc(C(N)=S)cc1. The number of hydrogen-bond donors (Lipinski definition) is 3. The van der Waals surface area contributed by atoms with Gasteiger partial charge in [-0.1, -0.05) is 36.5 Å². The largest absolute Gasteiger partial charge is 0.389 e. The van der Waals surface area contributed by atoms with Crippen molar-refractivity contribution >= 4 is 29.0 Å². The van der Waals surface area contributed by atoms with Crippen molar-refractivity contribution in [3.63, 3.8) is 0 Å². The Morgan fingerprint density at radius 3 is 2.37 bits per heavy atom. The molecule has 1 rings (SSSR count). The summed E-state index contributed by atoms with van der Waals surface area (Å²) >= 11 is 4.85. The Balaban J connectivity index is 2.57. The van der Waals surface area contributed by atoms with Crippen LogP contribution >= 0.6 is 12.2 Å². The Morgan fingerprint density at radius 2 is 1.89 bits per heavy atom. The van der Waals surface area contributed by atoms with Gasteiger partial charge in [0.2, 0.25) is 11.8 Å². The summed E-state index contributed by atoms with van der Waals surface area (Å²) in [5.41, 5.74) is 7.08. The van der Waals surface area contributed by atoms with E-state index in [9.17, 15) is 9.59 Å². The molecule has 0 saturated carbocycles. The van der Waals surface area contributed by atoms with Gasteiger partial charge in [-0.15, -0.1) is 0 Å². The molecule has 1 atom stereocenters. The highest BCUT2D eigenvalue weighted by Crippen LogP contribution is 2.05. The molecule has 0 saturated heterocycles. The minimum Gasteiger partial charge on any atom is -0.389 e. The molecule has 0 radical (unpaired) electrons. The van der Waals surface area contributed by atoms with E-state index in [1.165, 1.54) is 7.05 Å². The number of hydrogen-bond acceptors (Lipinski definition) is 3. The van der Waals surface area contributed by atoms with Gasteiger partial charge in [0.05, 0.1) is 6.42 Å². The summed E-state index contributed by atoms with van der Waals surface area (Å²) < 4.78 is 0. The van der Waals surface area contributed by atoms with E-state index in [-0.39, 0.29) is 18.2 Å². The number of amides is 2. The fraction of sp³-hybridized carbons (Fsp3) is 0.308. The monoisotopic (exact) mass is 279 g/mol. The summed E-state index contributed by atoms with van der Waals surface area (Å²) in [6.07, 6.45) is 0.207. The molecule has 2 amide bonds. The first kappa shape index (κ1) is 15.1. The smallest absolute Gasteiger partial charge is 0.242 e. The molecule has 0 aliphatic heterocycles. The van der Waals surface area contributed by atoms with E-state index >= 15 is 0 Å². The predicted octanol–water partition coefficient (Wildman–Crippen LogP) is 0.114. The third kappa shape index (κ3) is 4.67. The molecule has 1 unspecified atom stereocenters. The number of carbonyl (C=O) groups is 2.